The first-order valence-electron chi connectivity index (χ1n) is 7.75. The van der Waals surface area contributed by atoms with Crippen LogP contribution in [0, 0.1) is 6.92 Å². The zero-order chi connectivity index (χ0) is 17.5. The Morgan fingerprint density at radius 1 is 1.12 bits per heavy atom. The molecule has 0 atom stereocenters. The maximum atomic E-state index is 11.9. The van der Waals surface area contributed by atoms with Crippen molar-refractivity contribution in [3.05, 3.63) is 59.3 Å². The number of rotatable bonds is 5. The van der Waals surface area contributed by atoms with E-state index in [0.29, 0.717) is 24.3 Å². The van der Waals surface area contributed by atoms with Gasteiger partial charge in [-0.3, -0.25) is 10.1 Å². The maximum Gasteiger partial charge on any atom is 0.320 e. The van der Waals surface area contributed by atoms with Gasteiger partial charge >= 0.3 is 6.03 Å². The minimum absolute atomic E-state index is 0.0342. The van der Waals surface area contributed by atoms with Gasteiger partial charge < -0.3 is 10.2 Å². The number of carbonyl (C=O) groups excluding carboxylic acids is 2. The molecule has 24 heavy (non-hydrogen) atoms. The van der Waals surface area contributed by atoms with E-state index in [1.165, 1.54) is 0 Å². The number of aromatic nitrogens is 1. The van der Waals surface area contributed by atoms with Gasteiger partial charge in [-0.15, -0.1) is 0 Å². The lowest BCUT2D eigenvalue weighted by molar-refractivity contribution is 0.0827. The summed E-state index contributed by atoms with van der Waals surface area (Å²) in [6, 6.07) is 12.6. The number of nitrogens with zero attached hydrogens (tertiary/aromatic N) is 2. The quantitative estimate of drug-likeness (QED) is 0.886. The molecule has 0 fully saturated rings. The van der Waals surface area contributed by atoms with E-state index in [1.54, 1.807) is 31.1 Å². The number of urea groups is 1. The molecule has 3 amide bonds. The molecular weight excluding hydrogens is 304 g/mol. The molecule has 126 valence electrons. The van der Waals surface area contributed by atoms with Crippen LogP contribution in [-0.4, -0.2) is 42.5 Å². The van der Waals surface area contributed by atoms with Crippen molar-refractivity contribution in [2.24, 2.45) is 0 Å². The van der Waals surface area contributed by atoms with Crippen LogP contribution in [0.2, 0.25) is 0 Å². The van der Waals surface area contributed by atoms with Gasteiger partial charge in [0.2, 0.25) is 0 Å². The summed E-state index contributed by atoms with van der Waals surface area (Å²) in [6.45, 7) is 2.34. The highest BCUT2D eigenvalue weighted by atomic mass is 16.2. The third-order valence-corrected chi connectivity index (χ3v) is 3.41. The highest BCUT2D eigenvalue weighted by Gasteiger charge is 2.08. The van der Waals surface area contributed by atoms with E-state index in [1.807, 2.05) is 37.3 Å². The third kappa shape index (κ3) is 5.08. The number of hydrogen-bond donors (Lipinski definition) is 2. The zero-order valence-electron chi connectivity index (χ0n) is 14.2. The van der Waals surface area contributed by atoms with Gasteiger partial charge in [0.05, 0.1) is 0 Å². The Morgan fingerprint density at radius 3 is 2.58 bits per heavy atom. The second-order valence-corrected chi connectivity index (χ2v) is 5.70. The van der Waals surface area contributed by atoms with E-state index in [4.69, 9.17) is 0 Å². The van der Waals surface area contributed by atoms with E-state index in [0.717, 1.165) is 11.3 Å². The molecule has 0 aliphatic rings. The molecule has 1 heterocycles. The molecule has 2 rings (SSSR count). The number of hydrogen-bond acceptors (Lipinski definition) is 3. The standard InChI is InChI=1S/C18H22N4O2/c1-13-6-4-9-16(20-13)21-18(24)19-11-10-14-7-5-8-15(12-14)17(23)22(2)3/h4-9,12H,10-11H2,1-3H3,(H2,19,20,21,24). The molecule has 0 bridgehead atoms. The molecule has 1 aromatic heterocycles. The lowest BCUT2D eigenvalue weighted by Crippen LogP contribution is -2.30. The van der Waals surface area contributed by atoms with Crippen molar-refractivity contribution in [3.8, 4) is 0 Å². The van der Waals surface area contributed by atoms with Crippen LogP contribution < -0.4 is 10.6 Å². The van der Waals surface area contributed by atoms with Crippen LogP contribution in [0.1, 0.15) is 21.6 Å². The Labute approximate surface area is 141 Å². The lowest BCUT2D eigenvalue weighted by Gasteiger charge is -2.11. The van der Waals surface area contributed by atoms with Gasteiger partial charge in [0.25, 0.3) is 5.91 Å². The zero-order valence-corrected chi connectivity index (χ0v) is 14.2. The SMILES string of the molecule is Cc1cccc(NC(=O)NCCc2cccc(C(=O)N(C)C)c2)n1. The smallest absolute Gasteiger partial charge is 0.320 e. The van der Waals surface area contributed by atoms with Crippen LogP contribution >= 0.6 is 0 Å². The predicted octanol–water partition coefficient (Wildman–Crippen LogP) is 2.46. The molecule has 6 heteroatoms. The molecule has 1 aromatic carbocycles. The van der Waals surface area contributed by atoms with Crippen LogP contribution in [0.3, 0.4) is 0 Å². The summed E-state index contributed by atoms with van der Waals surface area (Å²) in [7, 11) is 3.44. The number of carbonyl (C=O) groups is 2. The summed E-state index contributed by atoms with van der Waals surface area (Å²) < 4.78 is 0. The van der Waals surface area contributed by atoms with Crippen LogP contribution in [0.25, 0.3) is 0 Å². The van der Waals surface area contributed by atoms with Gasteiger partial charge in [0.15, 0.2) is 0 Å². The van der Waals surface area contributed by atoms with Gasteiger partial charge in [-0.25, -0.2) is 9.78 Å². The Hall–Kier alpha value is -2.89. The van der Waals surface area contributed by atoms with Gasteiger partial charge in [-0.1, -0.05) is 18.2 Å². The highest BCUT2D eigenvalue weighted by Crippen LogP contribution is 2.08. The second kappa shape index (κ2) is 8.10. The molecule has 0 aliphatic heterocycles. The highest BCUT2D eigenvalue weighted by molar-refractivity contribution is 5.94. The first-order valence-corrected chi connectivity index (χ1v) is 7.75. The molecule has 0 radical (unpaired) electrons. The largest absolute Gasteiger partial charge is 0.345 e. The van der Waals surface area contributed by atoms with Crippen molar-refractivity contribution in [2.75, 3.05) is 26.0 Å². The number of benzene rings is 1. The van der Waals surface area contributed by atoms with Crippen molar-refractivity contribution >= 4 is 17.8 Å². The van der Waals surface area contributed by atoms with E-state index in [2.05, 4.69) is 15.6 Å². The minimum Gasteiger partial charge on any atom is -0.345 e. The minimum atomic E-state index is -0.298. The fourth-order valence-electron chi connectivity index (χ4n) is 2.21. The number of anilines is 1. The molecule has 2 N–H and O–H groups in total. The summed E-state index contributed by atoms with van der Waals surface area (Å²) in [5.41, 5.74) is 2.48. The molecule has 0 aliphatic carbocycles. The van der Waals surface area contributed by atoms with E-state index >= 15 is 0 Å². The molecule has 0 saturated heterocycles. The summed E-state index contributed by atoms with van der Waals surface area (Å²) in [5, 5.41) is 5.48. The first kappa shape index (κ1) is 17.5. The van der Waals surface area contributed by atoms with Crippen molar-refractivity contribution in [1.29, 1.82) is 0 Å². The van der Waals surface area contributed by atoms with Crippen LogP contribution in [0.15, 0.2) is 42.5 Å². The molecular formula is C18H22N4O2. The van der Waals surface area contributed by atoms with Crippen molar-refractivity contribution in [1.82, 2.24) is 15.2 Å². The van der Waals surface area contributed by atoms with Gasteiger partial charge in [0, 0.05) is 31.9 Å². The fourth-order valence-corrected chi connectivity index (χ4v) is 2.21. The fraction of sp³-hybridized carbons (Fsp3) is 0.278. The Kier molecular flexibility index (Phi) is 5.89. The molecule has 0 spiro atoms. The number of amides is 3. The van der Waals surface area contributed by atoms with Crippen molar-refractivity contribution in [3.63, 3.8) is 0 Å². The lowest BCUT2D eigenvalue weighted by atomic mass is 10.1. The Balaban J connectivity index is 1.84. The summed E-state index contributed by atoms with van der Waals surface area (Å²) in [6.07, 6.45) is 0.642. The number of aryl methyl sites for hydroxylation is 1. The number of pyridine rings is 1. The van der Waals surface area contributed by atoms with E-state index in [9.17, 15) is 9.59 Å². The topological polar surface area (TPSA) is 74.3 Å². The predicted molar refractivity (Wildman–Crippen MR) is 94.2 cm³/mol. The molecule has 0 unspecified atom stereocenters. The van der Waals surface area contributed by atoms with Gasteiger partial charge in [0.1, 0.15) is 5.82 Å². The second-order valence-electron chi connectivity index (χ2n) is 5.70. The van der Waals surface area contributed by atoms with Crippen molar-refractivity contribution in [2.45, 2.75) is 13.3 Å². The van der Waals surface area contributed by atoms with Crippen LogP contribution in [0.4, 0.5) is 10.6 Å². The van der Waals surface area contributed by atoms with E-state index in [-0.39, 0.29) is 11.9 Å². The maximum absolute atomic E-state index is 11.9. The first-order chi connectivity index (χ1) is 11.5. The monoisotopic (exact) mass is 326 g/mol. The van der Waals surface area contributed by atoms with Crippen LogP contribution in [-0.2, 0) is 6.42 Å². The Bertz CT molecular complexity index is 728. The molecule has 2 aromatic rings. The van der Waals surface area contributed by atoms with Crippen LogP contribution in [0.5, 0.6) is 0 Å². The average molecular weight is 326 g/mol. The summed E-state index contributed by atoms with van der Waals surface area (Å²) >= 11 is 0. The molecule has 6 nitrogen and oxygen atoms in total. The molecule has 0 saturated carbocycles. The summed E-state index contributed by atoms with van der Waals surface area (Å²) in [4.78, 5) is 29.6. The third-order valence-electron chi connectivity index (χ3n) is 3.41. The van der Waals surface area contributed by atoms with E-state index < -0.39 is 0 Å². The average Bonchev–Trinajstić information content (AvgIpc) is 2.54. The normalized spacial score (nSPS) is 10.1. The van der Waals surface area contributed by atoms with Gasteiger partial charge in [-0.2, -0.15) is 0 Å². The van der Waals surface area contributed by atoms with Gasteiger partial charge in [-0.05, 0) is 43.2 Å². The summed E-state index contributed by atoms with van der Waals surface area (Å²) in [5.74, 6) is 0.485. The van der Waals surface area contributed by atoms with Crippen molar-refractivity contribution < 1.29 is 9.59 Å². The number of nitrogens with one attached hydrogen (secondary N) is 2. The Morgan fingerprint density at radius 2 is 1.88 bits per heavy atom.